The zero-order valence-electron chi connectivity index (χ0n) is 11.1. The Kier molecular flexibility index (Phi) is 4.72. The van der Waals surface area contributed by atoms with Gasteiger partial charge >= 0.3 is 0 Å². The second-order valence-corrected chi connectivity index (χ2v) is 5.32. The average molecular weight is 322 g/mol. The topological polar surface area (TPSA) is 12.0 Å². The van der Waals surface area contributed by atoms with Gasteiger partial charge in [-0.2, -0.15) is 0 Å². The second kappa shape index (κ2) is 6.31. The Balaban J connectivity index is 2.48. The van der Waals surface area contributed by atoms with Gasteiger partial charge in [0.15, 0.2) is 0 Å². The molecular weight excluding hydrogens is 305 g/mol. The predicted octanol–water partition coefficient (Wildman–Crippen LogP) is 4.60. The van der Waals surface area contributed by atoms with Crippen LogP contribution < -0.4 is 5.32 Å². The molecule has 0 saturated heterocycles. The van der Waals surface area contributed by atoms with Gasteiger partial charge in [-0.15, -0.1) is 0 Å². The lowest BCUT2D eigenvalue weighted by atomic mass is 9.97. The second-order valence-electron chi connectivity index (χ2n) is 4.52. The molecule has 0 aromatic heterocycles. The van der Waals surface area contributed by atoms with Crippen LogP contribution in [0.4, 0.5) is 4.39 Å². The van der Waals surface area contributed by atoms with Crippen LogP contribution in [-0.2, 0) is 0 Å². The van der Waals surface area contributed by atoms with E-state index < -0.39 is 0 Å². The number of hydrogen-bond acceptors (Lipinski definition) is 1. The molecule has 0 radical (unpaired) electrons. The molecule has 0 aliphatic carbocycles. The first-order chi connectivity index (χ1) is 9.13. The molecule has 1 atom stereocenters. The van der Waals surface area contributed by atoms with Crippen molar-refractivity contribution < 1.29 is 4.39 Å². The van der Waals surface area contributed by atoms with Crippen LogP contribution in [0, 0.1) is 12.7 Å². The Morgan fingerprint density at radius 2 is 1.95 bits per heavy atom. The molecule has 0 aliphatic heterocycles. The lowest BCUT2D eigenvalue weighted by Gasteiger charge is -2.21. The third-order valence-electron chi connectivity index (χ3n) is 3.12. The summed E-state index contributed by atoms with van der Waals surface area (Å²) in [6.45, 7) is 4.93. The molecule has 0 saturated carbocycles. The van der Waals surface area contributed by atoms with Crippen molar-refractivity contribution in [3.8, 4) is 0 Å². The van der Waals surface area contributed by atoms with Crippen LogP contribution in [0.15, 0.2) is 46.9 Å². The third kappa shape index (κ3) is 3.23. The standard InChI is InChI=1S/C16H17BrFN/c1-3-19-16(12-7-5-8-13(18)10-12)14-9-4-6-11(2)15(14)17/h4-10,16,19H,3H2,1-2H3. The van der Waals surface area contributed by atoms with Gasteiger partial charge in [0.1, 0.15) is 5.82 Å². The molecule has 0 fully saturated rings. The molecule has 3 heteroatoms. The fourth-order valence-electron chi connectivity index (χ4n) is 2.19. The van der Waals surface area contributed by atoms with Gasteiger partial charge in [0, 0.05) is 4.47 Å². The molecule has 1 unspecified atom stereocenters. The number of rotatable bonds is 4. The van der Waals surface area contributed by atoms with E-state index in [1.54, 1.807) is 12.1 Å². The number of aryl methyl sites for hydroxylation is 1. The fourth-order valence-corrected chi connectivity index (χ4v) is 2.68. The molecule has 0 aliphatic rings. The molecule has 0 bridgehead atoms. The minimum atomic E-state index is -0.204. The van der Waals surface area contributed by atoms with Crippen molar-refractivity contribution in [2.24, 2.45) is 0 Å². The summed E-state index contributed by atoms with van der Waals surface area (Å²) in [5.41, 5.74) is 3.25. The van der Waals surface area contributed by atoms with Crippen LogP contribution in [0.5, 0.6) is 0 Å². The van der Waals surface area contributed by atoms with E-state index in [1.807, 2.05) is 12.1 Å². The van der Waals surface area contributed by atoms with Crippen molar-refractivity contribution >= 4 is 15.9 Å². The minimum Gasteiger partial charge on any atom is -0.306 e. The Bertz CT molecular complexity index is 568. The number of hydrogen-bond donors (Lipinski definition) is 1. The maximum absolute atomic E-state index is 13.4. The van der Waals surface area contributed by atoms with E-state index in [9.17, 15) is 4.39 Å². The van der Waals surface area contributed by atoms with Crippen LogP contribution in [0.3, 0.4) is 0 Å². The first kappa shape index (κ1) is 14.2. The number of nitrogens with one attached hydrogen (secondary N) is 1. The summed E-state index contributed by atoms with van der Waals surface area (Å²) in [6, 6.07) is 12.9. The van der Waals surface area contributed by atoms with Crippen molar-refractivity contribution in [1.82, 2.24) is 5.32 Å². The molecule has 2 rings (SSSR count). The maximum Gasteiger partial charge on any atom is 0.123 e. The lowest BCUT2D eigenvalue weighted by Crippen LogP contribution is -2.22. The summed E-state index contributed by atoms with van der Waals surface area (Å²) in [6.07, 6.45) is 0. The van der Waals surface area contributed by atoms with Gasteiger partial charge in [0.25, 0.3) is 0 Å². The molecular formula is C16H17BrFN. The van der Waals surface area contributed by atoms with Crippen molar-refractivity contribution in [1.29, 1.82) is 0 Å². The molecule has 1 N–H and O–H groups in total. The van der Waals surface area contributed by atoms with Gasteiger partial charge in [-0.3, -0.25) is 0 Å². The van der Waals surface area contributed by atoms with Crippen LogP contribution in [0.1, 0.15) is 29.7 Å². The Morgan fingerprint density at radius 1 is 1.21 bits per heavy atom. The summed E-state index contributed by atoms with van der Waals surface area (Å²) >= 11 is 3.63. The van der Waals surface area contributed by atoms with Crippen molar-refractivity contribution in [2.75, 3.05) is 6.54 Å². The Labute approximate surface area is 122 Å². The summed E-state index contributed by atoms with van der Waals surface area (Å²) in [5.74, 6) is -0.204. The van der Waals surface area contributed by atoms with E-state index in [4.69, 9.17) is 0 Å². The van der Waals surface area contributed by atoms with Gasteiger partial charge in [-0.1, -0.05) is 53.2 Å². The molecule has 0 amide bonds. The Morgan fingerprint density at radius 3 is 2.63 bits per heavy atom. The highest BCUT2D eigenvalue weighted by atomic mass is 79.9. The highest BCUT2D eigenvalue weighted by Gasteiger charge is 2.16. The zero-order valence-corrected chi connectivity index (χ0v) is 12.7. The summed E-state index contributed by atoms with van der Waals surface area (Å²) in [7, 11) is 0. The molecule has 0 heterocycles. The van der Waals surface area contributed by atoms with Gasteiger partial charge in [0.05, 0.1) is 6.04 Å². The van der Waals surface area contributed by atoms with Crippen molar-refractivity contribution in [2.45, 2.75) is 19.9 Å². The highest BCUT2D eigenvalue weighted by molar-refractivity contribution is 9.10. The summed E-state index contributed by atoms with van der Waals surface area (Å²) < 4.78 is 14.5. The average Bonchev–Trinajstić information content (AvgIpc) is 2.40. The van der Waals surface area contributed by atoms with Gasteiger partial charge in [0.2, 0.25) is 0 Å². The van der Waals surface area contributed by atoms with Crippen molar-refractivity contribution in [3.63, 3.8) is 0 Å². The van der Waals surface area contributed by atoms with E-state index >= 15 is 0 Å². The first-order valence-corrected chi connectivity index (χ1v) is 7.16. The van der Waals surface area contributed by atoms with E-state index in [-0.39, 0.29) is 11.9 Å². The quantitative estimate of drug-likeness (QED) is 0.868. The summed E-state index contributed by atoms with van der Waals surface area (Å²) in [4.78, 5) is 0. The molecule has 1 nitrogen and oxygen atoms in total. The first-order valence-electron chi connectivity index (χ1n) is 6.37. The minimum absolute atomic E-state index is 0.00465. The third-order valence-corrected chi connectivity index (χ3v) is 4.21. The SMILES string of the molecule is CCNC(c1cccc(F)c1)c1cccc(C)c1Br. The largest absolute Gasteiger partial charge is 0.306 e. The van der Waals surface area contributed by atoms with Gasteiger partial charge in [-0.05, 0) is 42.3 Å². The molecule has 2 aromatic carbocycles. The van der Waals surface area contributed by atoms with Gasteiger partial charge in [-0.25, -0.2) is 4.39 Å². The van der Waals surface area contributed by atoms with Crippen LogP contribution in [0.2, 0.25) is 0 Å². The number of benzene rings is 2. The maximum atomic E-state index is 13.4. The van der Waals surface area contributed by atoms with Crippen LogP contribution in [0.25, 0.3) is 0 Å². The van der Waals surface area contributed by atoms with Crippen LogP contribution in [-0.4, -0.2) is 6.54 Å². The van der Waals surface area contributed by atoms with E-state index in [2.05, 4.69) is 47.2 Å². The number of halogens is 2. The van der Waals surface area contributed by atoms with Gasteiger partial charge < -0.3 is 5.32 Å². The van der Waals surface area contributed by atoms with Crippen LogP contribution >= 0.6 is 15.9 Å². The predicted molar refractivity (Wildman–Crippen MR) is 80.8 cm³/mol. The van der Waals surface area contributed by atoms with E-state index in [0.717, 1.165) is 22.1 Å². The smallest absolute Gasteiger partial charge is 0.123 e. The molecule has 100 valence electrons. The van der Waals surface area contributed by atoms with E-state index in [1.165, 1.54) is 11.6 Å². The lowest BCUT2D eigenvalue weighted by molar-refractivity contribution is 0.602. The molecule has 19 heavy (non-hydrogen) atoms. The fraction of sp³-hybridized carbons (Fsp3) is 0.250. The summed E-state index contributed by atoms with van der Waals surface area (Å²) in [5, 5.41) is 3.41. The van der Waals surface area contributed by atoms with E-state index in [0.29, 0.717) is 0 Å². The normalized spacial score (nSPS) is 12.4. The zero-order chi connectivity index (χ0) is 13.8. The Hall–Kier alpha value is -1.19. The molecule has 0 spiro atoms. The molecule has 2 aromatic rings. The highest BCUT2D eigenvalue weighted by Crippen LogP contribution is 2.31. The monoisotopic (exact) mass is 321 g/mol. The van der Waals surface area contributed by atoms with Crippen molar-refractivity contribution in [3.05, 3.63) is 69.4 Å².